The van der Waals surface area contributed by atoms with Crippen LogP contribution in [0.25, 0.3) is 0 Å². The molecule has 0 bridgehead atoms. The number of aliphatic hydroxyl groups is 1. The minimum Gasteiger partial charge on any atom is -0.384 e. The summed E-state index contributed by atoms with van der Waals surface area (Å²) in [5, 5.41) is 10.4. The minimum absolute atomic E-state index is 0.458. The molecule has 0 saturated heterocycles. The van der Waals surface area contributed by atoms with E-state index in [0.29, 0.717) is 16.1 Å². The number of rotatable bonds is 2. The molecule has 0 aliphatic carbocycles. The van der Waals surface area contributed by atoms with Crippen LogP contribution in [0.1, 0.15) is 17.2 Å². The fraction of sp³-hybridized carbons (Fsp3) is 0.125. The van der Waals surface area contributed by atoms with Crippen LogP contribution in [0.2, 0.25) is 5.02 Å². The van der Waals surface area contributed by atoms with E-state index in [2.05, 4.69) is 11.8 Å². The Labute approximate surface area is 116 Å². The molecule has 0 aliphatic rings. The highest BCUT2D eigenvalue weighted by molar-refractivity contribution is 6.30. The maximum Gasteiger partial charge on any atom is 0.190 e. The van der Waals surface area contributed by atoms with Crippen LogP contribution in [0.5, 0.6) is 0 Å². The molecule has 0 fully saturated rings. The molecule has 0 spiro atoms. The molecule has 1 N–H and O–H groups in total. The molecular weight excluding hydrogens is 263 g/mol. The lowest BCUT2D eigenvalue weighted by molar-refractivity contribution is 0.108. The maximum atomic E-state index is 13.8. The van der Waals surface area contributed by atoms with E-state index in [0.717, 1.165) is 0 Å². The standard InChI is InChI=1S/C16H12ClFO/c17-14-9-7-13(8-10-14)16(19)15(18)11-6-12-4-2-1-3-5-12/h1-5,7-10,15-16,19H. The second-order valence-corrected chi connectivity index (χ2v) is 4.47. The topological polar surface area (TPSA) is 20.2 Å². The summed E-state index contributed by atoms with van der Waals surface area (Å²) in [7, 11) is 0. The lowest BCUT2D eigenvalue weighted by atomic mass is 10.1. The highest BCUT2D eigenvalue weighted by Gasteiger charge is 2.17. The van der Waals surface area contributed by atoms with Crippen LogP contribution in [0.4, 0.5) is 4.39 Å². The smallest absolute Gasteiger partial charge is 0.190 e. The predicted octanol–water partition coefficient (Wildman–Crippen LogP) is 3.76. The number of hydrogen-bond donors (Lipinski definition) is 1. The van der Waals surface area contributed by atoms with Crippen LogP contribution in [-0.4, -0.2) is 11.3 Å². The van der Waals surface area contributed by atoms with Gasteiger partial charge in [0.15, 0.2) is 6.17 Å². The highest BCUT2D eigenvalue weighted by Crippen LogP contribution is 2.21. The molecule has 19 heavy (non-hydrogen) atoms. The summed E-state index contributed by atoms with van der Waals surface area (Å²) in [6, 6.07) is 15.5. The van der Waals surface area contributed by atoms with Gasteiger partial charge in [0.2, 0.25) is 0 Å². The first kappa shape index (κ1) is 13.6. The van der Waals surface area contributed by atoms with Crippen LogP contribution in [-0.2, 0) is 0 Å². The maximum absolute atomic E-state index is 13.8. The zero-order valence-corrected chi connectivity index (χ0v) is 10.8. The van der Waals surface area contributed by atoms with Crippen molar-refractivity contribution in [3.05, 3.63) is 70.7 Å². The number of halogens is 2. The zero-order chi connectivity index (χ0) is 13.7. The highest BCUT2D eigenvalue weighted by atomic mass is 35.5. The Kier molecular flexibility index (Phi) is 4.57. The first-order valence-corrected chi connectivity index (χ1v) is 6.19. The van der Waals surface area contributed by atoms with Crippen molar-refractivity contribution in [2.75, 3.05) is 0 Å². The van der Waals surface area contributed by atoms with Gasteiger partial charge < -0.3 is 5.11 Å². The van der Waals surface area contributed by atoms with Gasteiger partial charge >= 0.3 is 0 Å². The SMILES string of the molecule is OC(c1ccc(Cl)cc1)C(F)C#Cc1ccccc1. The normalized spacial score (nSPS) is 13.2. The van der Waals surface area contributed by atoms with Crippen molar-refractivity contribution in [1.82, 2.24) is 0 Å². The van der Waals surface area contributed by atoms with Gasteiger partial charge in [0.25, 0.3) is 0 Å². The van der Waals surface area contributed by atoms with E-state index in [1.54, 1.807) is 36.4 Å². The number of hydrogen-bond acceptors (Lipinski definition) is 1. The molecule has 0 heterocycles. The van der Waals surface area contributed by atoms with Crippen molar-refractivity contribution in [1.29, 1.82) is 0 Å². The molecule has 0 aliphatic heterocycles. The Bertz CT molecular complexity index is 584. The summed E-state index contributed by atoms with van der Waals surface area (Å²) in [5.74, 6) is 5.11. The summed E-state index contributed by atoms with van der Waals surface area (Å²) >= 11 is 5.73. The van der Waals surface area contributed by atoms with E-state index in [1.165, 1.54) is 0 Å². The molecule has 96 valence electrons. The molecule has 0 aromatic heterocycles. The molecule has 2 atom stereocenters. The van der Waals surface area contributed by atoms with Crippen molar-refractivity contribution in [2.24, 2.45) is 0 Å². The fourth-order valence-electron chi connectivity index (χ4n) is 1.58. The monoisotopic (exact) mass is 274 g/mol. The number of benzene rings is 2. The van der Waals surface area contributed by atoms with Gasteiger partial charge in [-0.1, -0.05) is 53.8 Å². The van der Waals surface area contributed by atoms with Crippen LogP contribution in [0.3, 0.4) is 0 Å². The molecule has 2 aromatic carbocycles. The van der Waals surface area contributed by atoms with Crippen molar-refractivity contribution in [3.63, 3.8) is 0 Å². The van der Waals surface area contributed by atoms with E-state index in [9.17, 15) is 9.50 Å². The summed E-state index contributed by atoms with van der Waals surface area (Å²) in [6.45, 7) is 0. The van der Waals surface area contributed by atoms with E-state index in [1.807, 2.05) is 18.2 Å². The fourth-order valence-corrected chi connectivity index (χ4v) is 1.71. The Hall–Kier alpha value is -1.82. The summed E-state index contributed by atoms with van der Waals surface area (Å²) in [4.78, 5) is 0. The van der Waals surface area contributed by atoms with E-state index in [-0.39, 0.29) is 0 Å². The third-order valence-electron chi connectivity index (χ3n) is 2.62. The van der Waals surface area contributed by atoms with Crippen molar-refractivity contribution < 1.29 is 9.50 Å². The van der Waals surface area contributed by atoms with Crippen molar-refractivity contribution in [2.45, 2.75) is 12.3 Å². The molecule has 3 heteroatoms. The quantitative estimate of drug-likeness (QED) is 0.827. The van der Waals surface area contributed by atoms with E-state index in [4.69, 9.17) is 11.6 Å². The molecule has 1 nitrogen and oxygen atoms in total. The first-order chi connectivity index (χ1) is 9.16. The van der Waals surface area contributed by atoms with Gasteiger partial charge in [-0.2, -0.15) is 0 Å². The minimum atomic E-state index is -1.64. The molecule has 2 aromatic rings. The van der Waals surface area contributed by atoms with Crippen molar-refractivity contribution >= 4 is 11.6 Å². The second kappa shape index (κ2) is 6.38. The average molecular weight is 275 g/mol. The summed E-state index contributed by atoms with van der Waals surface area (Å²) in [6.07, 6.45) is -2.91. The summed E-state index contributed by atoms with van der Waals surface area (Å²) in [5.41, 5.74) is 1.17. The van der Waals surface area contributed by atoms with Gasteiger partial charge in [0.05, 0.1) is 0 Å². The Morgan fingerprint density at radius 2 is 1.63 bits per heavy atom. The Balaban J connectivity index is 2.10. The van der Waals surface area contributed by atoms with Gasteiger partial charge in [0, 0.05) is 10.6 Å². The lowest BCUT2D eigenvalue weighted by Crippen LogP contribution is -2.11. The van der Waals surface area contributed by atoms with Gasteiger partial charge in [-0.15, -0.1) is 0 Å². The molecular formula is C16H12ClFO. The second-order valence-electron chi connectivity index (χ2n) is 4.03. The third kappa shape index (κ3) is 3.82. The Morgan fingerprint density at radius 1 is 1.00 bits per heavy atom. The number of alkyl halides is 1. The largest absolute Gasteiger partial charge is 0.384 e. The van der Waals surface area contributed by atoms with Gasteiger partial charge in [-0.25, -0.2) is 4.39 Å². The van der Waals surface area contributed by atoms with Gasteiger partial charge in [-0.05, 0) is 29.8 Å². The third-order valence-corrected chi connectivity index (χ3v) is 2.87. The van der Waals surface area contributed by atoms with E-state index >= 15 is 0 Å². The van der Waals surface area contributed by atoms with Crippen molar-refractivity contribution in [3.8, 4) is 11.8 Å². The predicted molar refractivity (Wildman–Crippen MR) is 74.6 cm³/mol. The molecule has 0 saturated carbocycles. The molecule has 2 rings (SSSR count). The van der Waals surface area contributed by atoms with Crippen LogP contribution in [0.15, 0.2) is 54.6 Å². The molecule has 0 amide bonds. The Morgan fingerprint density at radius 3 is 2.26 bits per heavy atom. The van der Waals surface area contributed by atoms with Crippen LogP contribution in [0, 0.1) is 11.8 Å². The van der Waals surface area contributed by atoms with Crippen LogP contribution >= 0.6 is 11.6 Å². The summed E-state index contributed by atoms with van der Waals surface area (Å²) < 4.78 is 13.8. The molecule has 2 unspecified atom stereocenters. The average Bonchev–Trinajstić information content (AvgIpc) is 2.46. The van der Waals surface area contributed by atoms with E-state index < -0.39 is 12.3 Å². The molecule has 0 radical (unpaired) electrons. The van der Waals surface area contributed by atoms with Gasteiger partial charge in [0.1, 0.15) is 6.10 Å². The lowest BCUT2D eigenvalue weighted by Gasteiger charge is -2.11. The number of aliphatic hydroxyl groups excluding tert-OH is 1. The first-order valence-electron chi connectivity index (χ1n) is 5.81. The van der Waals surface area contributed by atoms with Crippen LogP contribution < -0.4 is 0 Å². The van der Waals surface area contributed by atoms with Gasteiger partial charge in [-0.3, -0.25) is 0 Å². The zero-order valence-electron chi connectivity index (χ0n) is 10.1.